The van der Waals surface area contributed by atoms with Gasteiger partial charge in [0.15, 0.2) is 0 Å². The first kappa shape index (κ1) is 12.0. The fraction of sp³-hybridized carbons (Fsp3) is 0.500. The maximum atomic E-state index is 12.2. The third-order valence-electron chi connectivity index (χ3n) is 3.60. The SMILES string of the molecule is CCNC(=O)C1(c2ccccc2OC)CCC1. The molecule has 0 heterocycles. The van der Waals surface area contributed by atoms with E-state index in [1.807, 2.05) is 31.2 Å². The summed E-state index contributed by atoms with van der Waals surface area (Å²) in [4.78, 5) is 12.2. The number of carbonyl (C=O) groups is 1. The van der Waals surface area contributed by atoms with Gasteiger partial charge in [-0.3, -0.25) is 4.79 Å². The number of likely N-dealkylation sites (N-methyl/N-ethyl adjacent to an activating group) is 1. The van der Waals surface area contributed by atoms with Gasteiger partial charge in [0, 0.05) is 12.1 Å². The van der Waals surface area contributed by atoms with Crippen molar-refractivity contribution in [2.45, 2.75) is 31.6 Å². The number of ether oxygens (including phenoxy) is 1. The minimum atomic E-state index is -0.359. The Balaban J connectivity index is 2.37. The van der Waals surface area contributed by atoms with Gasteiger partial charge in [-0.25, -0.2) is 0 Å². The van der Waals surface area contributed by atoms with Crippen LogP contribution in [0.25, 0.3) is 0 Å². The maximum absolute atomic E-state index is 12.2. The standard InChI is InChI=1S/C14H19NO2/c1-3-15-13(16)14(9-6-10-14)11-7-4-5-8-12(11)17-2/h4-5,7-8H,3,6,9-10H2,1-2H3,(H,15,16). The van der Waals surface area contributed by atoms with Crippen molar-refractivity contribution in [3.63, 3.8) is 0 Å². The Morgan fingerprint density at radius 2 is 2.12 bits per heavy atom. The molecule has 1 fully saturated rings. The largest absolute Gasteiger partial charge is 0.496 e. The van der Waals surface area contributed by atoms with Crippen LogP contribution < -0.4 is 10.1 Å². The fourth-order valence-electron chi connectivity index (χ4n) is 2.52. The fourth-order valence-corrected chi connectivity index (χ4v) is 2.52. The molecule has 0 aromatic heterocycles. The number of rotatable bonds is 4. The van der Waals surface area contributed by atoms with E-state index in [9.17, 15) is 4.79 Å². The van der Waals surface area contributed by atoms with Gasteiger partial charge in [0.2, 0.25) is 5.91 Å². The monoisotopic (exact) mass is 233 g/mol. The summed E-state index contributed by atoms with van der Waals surface area (Å²) < 4.78 is 5.38. The minimum absolute atomic E-state index is 0.135. The summed E-state index contributed by atoms with van der Waals surface area (Å²) >= 11 is 0. The van der Waals surface area contributed by atoms with Crippen LogP contribution in [0, 0.1) is 0 Å². The molecule has 3 heteroatoms. The van der Waals surface area contributed by atoms with Gasteiger partial charge in [-0.1, -0.05) is 24.6 Å². The number of para-hydroxylation sites is 1. The number of amides is 1. The van der Waals surface area contributed by atoms with E-state index in [2.05, 4.69) is 5.32 Å². The zero-order valence-electron chi connectivity index (χ0n) is 10.5. The van der Waals surface area contributed by atoms with Crippen molar-refractivity contribution in [1.29, 1.82) is 0 Å². The first-order valence-corrected chi connectivity index (χ1v) is 6.16. The summed E-state index contributed by atoms with van der Waals surface area (Å²) in [5, 5.41) is 2.94. The average Bonchev–Trinajstić information content (AvgIpc) is 2.29. The Labute approximate surface area is 102 Å². The number of nitrogens with one attached hydrogen (secondary N) is 1. The molecule has 3 nitrogen and oxygen atoms in total. The van der Waals surface area contributed by atoms with Crippen molar-refractivity contribution in [2.75, 3.05) is 13.7 Å². The molecular weight excluding hydrogens is 214 g/mol. The minimum Gasteiger partial charge on any atom is -0.496 e. The van der Waals surface area contributed by atoms with Gasteiger partial charge in [-0.2, -0.15) is 0 Å². The van der Waals surface area contributed by atoms with Crippen LogP contribution in [0.1, 0.15) is 31.7 Å². The van der Waals surface area contributed by atoms with E-state index in [0.29, 0.717) is 6.54 Å². The molecule has 0 saturated heterocycles. The zero-order chi connectivity index (χ0) is 12.3. The first-order chi connectivity index (χ1) is 8.24. The van der Waals surface area contributed by atoms with Crippen molar-refractivity contribution >= 4 is 5.91 Å². The molecule has 92 valence electrons. The molecule has 1 aliphatic carbocycles. The Kier molecular flexibility index (Phi) is 3.36. The predicted octanol–water partition coefficient (Wildman–Crippen LogP) is 2.25. The summed E-state index contributed by atoms with van der Waals surface area (Å²) in [6.07, 6.45) is 2.94. The van der Waals surface area contributed by atoms with E-state index in [0.717, 1.165) is 30.6 Å². The van der Waals surface area contributed by atoms with Crippen LogP contribution in [0.15, 0.2) is 24.3 Å². The van der Waals surface area contributed by atoms with Gasteiger partial charge in [0.1, 0.15) is 5.75 Å². The molecule has 0 spiro atoms. The van der Waals surface area contributed by atoms with Gasteiger partial charge >= 0.3 is 0 Å². The van der Waals surface area contributed by atoms with Crippen molar-refractivity contribution in [3.8, 4) is 5.75 Å². The molecule has 17 heavy (non-hydrogen) atoms. The van der Waals surface area contributed by atoms with Gasteiger partial charge in [0.25, 0.3) is 0 Å². The molecular formula is C14H19NO2. The van der Waals surface area contributed by atoms with E-state index in [1.165, 1.54) is 0 Å². The average molecular weight is 233 g/mol. The predicted molar refractivity (Wildman–Crippen MR) is 67.2 cm³/mol. The molecule has 0 radical (unpaired) electrons. The molecule has 0 aliphatic heterocycles. The van der Waals surface area contributed by atoms with Crippen LogP contribution in [0.3, 0.4) is 0 Å². The summed E-state index contributed by atoms with van der Waals surface area (Å²) in [6, 6.07) is 7.84. The number of benzene rings is 1. The second-order valence-electron chi connectivity index (χ2n) is 4.50. The number of hydrogen-bond donors (Lipinski definition) is 1. The topological polar surface area (TPSA) is 38.3 Å². The first-order valence-electron chi connectivity index (χ1n) is 6.16. The summed E-state index contributed by atoms with van der Waals surface area (Å²) in [6.45, 7) is 2.63. The smallest absolute Gasteiger partial charge is 0.230 e. The third-order valence-corrected chi connectivity index (χ3v) is 3.60. The lowest BCUT2D eigenvalue weighted by Gasteiger charge is -2.41. The lowest BCUT2D eigenvalue weighted by molar-refractivity contribution is -0.129. The lowest BCUT2D eigenvalue weighted by atomic mass is 9.63. The quantitative estimate of drug-likeness (QED) is 0.866. The highest BCUT2D eigenvalue weighted by molar-refractivity contribution is 5.90. The molecule has 1 aromatic rings. The second kappa shape index (κ2) is 4.78. The normalized spacial score (nSPS) is 17.1. The van der Waals surface area contributed by atoms with Crippen LogP contribution in [-0.2, 0) is 10.2 Å². The molecule has 0 atom stereocenters. The molecule has 1 aliphatic rings. The van der Waals surface area contributed by atoms with Gasteiger partial charge in [-0.15, -0.1) is 0 Å². The summed E-state index contributed by atoms with van der Waals surface area (Å²) in [5.74, 6) is 0.953. The van der Waals surface area contributed by atoms with E-state index >= 15 is 0 Å². The van der Waals surface area contributed by atoms with Gasteiger partial charge < -0.3 is 10.1 Å². The molecule has 1 saturated carbocycles. The zero-order valence-corrected chi connectivity index (χ0v) is 10.5. The van der Waals surface area contributed by atoms with Crippen LogP contribution >= 0.6 is 0 Å². The molecule has 0 unspecified atom stereocenters. The molecule has 0 bridgehead atoms. The van der Waals surface area contributed by atoms with Crippen molar-refractivity contribution in [2.24, 2.45) is 0 Å². The van der Waals surface area contributed by atoms with E-state index in [1.54, 1.807) is 7.11 Å². The summed E-state index contributed by atoms with van der Waals surface area (Å²) in [7, 11) is 1.66. The molecule has 2 rings (SSSR count). The summed E-state index contributed by atoms with van der Waals surface area (Å²) in [5.41, 5.74) is 0.669. The number of methoxy groups -OCH3 is 1. The van der Waals surface area contributed by atoms with Crippen molar-refractivity contribution in [3.05, 3.63) is 29.8 Å². The third kappa shape index (κ3) is 1.90. The Hall–Kier alpha value is -1.51. The van der Waals surface area contributed by atoms with Gasteiger partial charge in [-0.05, 0) is 25.8 Å². The Morgan fingerprint density at radius 3 is 2.65 bits per heavy atom. The highest BCUT2D eigenvalue weighted by atomic mass is 16.5. The molecule has 1 amide bonds. The Morgan fingerprint density at radius 1 is 1.41 bits per heavy atom. The van der Waals surface area contributed by atoms with Crippen molar-refractivity contribution in [1.82, 2.24) is 5.32 Å². The van der Waals surface area contributed by atoms with Gasteiger partial charge in [0.05, 0.1) is 12.5 Å². The highest BCUT2D eigenvalue weighted by Gasteiger charge is 2.46. The van der Waals surface area contributed by atoms with Crippen LogP contribution in [-0.4, -0.2) is 19.6 Å². The van der Waals surface area contributed by atoms with Crippen LogP contribution in [0.2, 0.25) is 0 Å². The van der Waals surface area contributed by atoms with Crippen LogP contribution in [0.4, 0.5) is 0 Å². The van der Waals surface area contributed by atoms with E-state index < -0.39 is 0 Å². The van der Waals surface area contributed by atoms with Crippen LogP contribution in [0.5, 0.6) is 5.75 Å². The van der Waals surface area contributed by atoms with Crippen molar-refractivity contribution < 1.29 is 9.53 Å². The lowest BCUT2D eigenvalue weighted by Crippen LogP contribution is -2.49. The van der Waals surface area contributed by atoms with E-state index in [-0.39, 0.29) is 11.3 Å². The number of carbonyl (C=O) groups excluding carboxylic acids is 1. The number of hydrogen-bond acceptors (Lipinski definition) is 2. The molecule has 1 aromatic carbocycles. The van der Waals surface area contributed by atoms with E-state index in [4.69, 9.17) is 4.74 Å². The molecule has 1 N–H and O–H groups in total. The maximum Gasteiger partial charge on any atom is 0.230 e. The second-order valence-corrected chi connectivity index (χ2v) is 4.50. The Bertz CT molecular complexity index is 410. The highest BCUT2D eigenvalue weighted by Crippen LogP contribution is 2.47.